The number of amides is 3. The van der Waals surface area contributed by atoms with Crippen LogP contribution in [0, 0.1) is 17.3 Å². The fourth-order valence-corrected chi connectivity index (χ4v) is 10.2. The first-order valence-corrected chi connectivity index (χ1v) is 24.5. The molecule has 1 saturated carbocycles. The van der Waals surface area contributed by atoms with E-state index < -0.39 is 35.4 Å². The SMILES string of the molecule is CCn1c(-c2cccnc2[C@H](C)OC)c2c3cc(ccc31)-c1cccc(c1)C[C@H](NC(=O)[C@H](C(C)C)N(C)C(=O)[C@H]1CC[C@H](N=C=NC(C)(C)C)C1)C(=O)N1CCC[C@H](N1)C(=O)OCC(C)(C)C2. The van der Waals surface area contributed by atoms with E-state index in [1.807, 2.05) is 59.7 Å². The van der Waals surface area contributed by atoms with Gasteiger partial charge in [-0.1, -0.05) is 58.0 Å². The molecule has 14 nitrogen and oxygen atoms in total. The molecule has 2 fully saturated rings. The summed E-state index contributed by atoms with van der Waals surface area (Å²) in [5.41, 5.74) is 10.3. The van der Waals surface area contributed by atoms with Crippen LogP contribution >= 0.6 is 0 Å². The van der Waals surface area contributed by atoms with Gasteiger partial charge >= 0.3 is 5.97 Å². The number of carbonyl (C=O) groups is 4. The van der Waals surface area contributed by atoms with Gasteiger partial charge in [-0.05, 0) is 126 Å². The van der Waals surface area contributed by atoms with E-state index >= 15 is 0 Å². The minimum Gasteiger partial charge on any atom is -0.464 e. The Morgan fingerprint density at radius 2 is 1.82 bits per heavy atom. The van der Waals surface area contributed by atoms with Gasteiger partial charge in [0.05, 0.1) is 41.7 Å². The molecule has 14 heteroatoms. The van der Waals surface area contributed by atoms with Gasteiger partial charge in [0.15, 0.2) is 0 Å². The van der Waals surface area contributed by atoms with Crippen molar-refractivity contribution in [2.24, 2.45) is 27.2 Å². The molecule has 0 spiro atoms. The molecule has 68 heavy (non-hydrogen) atoms. The number of fused-ring (bicyclic) bond motifs is 6. The number of aromatic nitrogens is 2. The van der Waals surface area contributed by atoms with E-state index in [4.69, 9.17) is 14.5 Å². The van der Waals surface area contributed by atoms with Crippen LogP contribution in [0.4, 0.5) is 0 Å². The molecule has 4 aromatic rings. The third-order valence-corrected chi connectivity index (χ3v) is 13.7. The van der Waals surface area contributed by atoms with Crippen LogP contribution in [0.5, 0.6) is 0 Å². The molecule has 0 unspecified atom stereocenters. The second-order valence-electron chi connectivity index (χ2n) is 21.2. The van der Waals surface area contributed by atoms with E-state index in [9.17, 15) is 19.2 Å². The molecule has 2 aromatic heterocycles. The van der Waals surface area contributed by atoms with Crippen LogP contribution in [0.25, 0.3) is 33.3 Å². The first-order valence-electron chi connectivity index (χ1n) is 24.5. The fourth-order valence-electron chi connectivity index (χ4n) is 10.2. The zero-order valence-corrected chi connectivity index (χ0v) is 42.0. The molecule has 7 rings (SSSR count). The van der Waals surface area contributed by atoms with E-state index in [2.05, 4.69) is 88.5 Å². The van der Waals surface area contributed by atoms with Crippen LogP contribution in [0.15, 0.2) is 70.8 Å². The van der Waals surface area contributed by atoms with Gasteiger partial charge in [-0.15, -0.1) is 0 Å². The van der Waals surface area contributed by atoms with Gasteiger partial charge < -0.3 is 24.3 Å². The molecular weight excluding hydrogens is 857 g/mol. The van der Waals surface area contributed by atoms with Gasteiger partial charge in [-0.3, -0.25) is 29.2 Å². The number of aliphatic imine (C=N–C) groups is 2. The quantitative estimate of drug-likeness (QED) is 0.119. The smallest absolute Gasteiger partial charge is 0.324 e. The van der Waals surface area contributed by atoms with Crippen molar-refractivity contribution in [3.05, 3.63) is 77.6 Å². The van der Waals surface area contributed by atoms with E-state index in [0.717, 1.165) is 56.5 Å². The highest BCUT2D eigenvalue weighted by atomic mass is 16.5. The predicted molar refractivity (Wildman–Crippen MR) is 266 cm³/mol. The van der Waals surface area contributed by atoms with Gasteiger partial charge in [-0.2, -0.15) is 0 Å². The maximum atomic E-state index is 14.8. The normalized spacial score (nSPS) is 21.9. The number of likely N-dealkylation sites (N-methyl/N-ethyl adjacent to an activating group) is 1. The maximum Gasteiger partial charge on any atom is 0.324 e. The Morgan fingerprint density at radius 1 is 1.06 bits per heavy atom. The summed E-state index contributed by atoms with van der Waals surface area (Å²) >= 11 is 0. The second kappa shape index (κ2) is 20.9. The van der Waals surface area contributed by atoms with Crippen molar-refractivity contribution in [1.82, 2.24) is 30.2 Å². The predicted octanol–water partition coefficient (Wildman–Crippen LogP) is 8.37. The molecule has 6 atom stereocenters. The summed E-state index contributed by atoms with van der Waals surface area (Å²) in [6, 6.07) is 18.9. The second-order valence-corrected chi connectivity index (χ2v) is 21.2. The highest BCUT2D eigenvalue weighted by Gasteiger charge is 2.40. The molecule has 4 heterocycles. The summed E-state index contributed by atoms with van der Waals surface area (Å²) in [5, 5.41) is 5.66. The summed E-state index contributed by atoms with van der Waals surface area (Å²) in [4.78, 5) is 72.7. The average molecular weight is 929 g/mol. The van der Waals surface area contributed by atoms with Crippen molar-refractivity contribution in [3.8, 4) is 22.4 Å². The minimum atomic E-state index is -1.02. The first-order chi connectivity index (χ1) is 32.3. The highest BCUT2D eigenvalue weighted by molar-refractivity contribution is 5.96. The lowest BCUT2D eigenvalue weighted by Crippen LogP contribution is -2.62. The lowest BCUT2D eigenvalue weighted by Gasteiger charge is -2.37. The number of rotatable bonds is 10. The van der Waals surface area contributed by atoms with Crippen LogP contribution < -0.4 is 10.7 Å². The Morgan fingerprint density at radius 3 is 2.54 bits per heavy atom. The summed E-state index contributed by atoms with van der Waals surface area (Å²) in [7, 11) is 3.37. The number of ether oxygens (including phenoxy) is 2. The number of carbonyl (C=O) groups excluding carboxylic acids is 4. The maximum absolute atomic E-state index is 14.8. The Balaban J connectivity index is 1.26. The number of nitrogens with one attached hydrogen (secondary N) is 2. The minimum absolute atomic E-state index is 0.0658. The molecule has 6 bridgehead atoms. The number of hydrogen-bond acceptors (Lipinski definition) is 10. The van der Waals surface area contributed by atoms with Crippen LogP contribution in [0.1, 0.15) is 117 Å². The van der Waals surface area contributed by atoms with Crippen molar-refractivity contribution in [1.29, 1.82) is 0 Å². The van der Waals surface area contributed by atoms with Crippen molar-refractivity contribution in [2.45, 2.75) is 150 Å². The fraction of sp³-hybridized carbons (Fsp3) is 0.556. The monoisotopic (exact) mass is 929 g/mol. The Labute approximate surface area is 402 Å². The van der Waals surface area contributed by atoms with Crippen molar-refractivity contribution in [3.63, 3.8) is 0 Å². The molecule has 3 amide bonds. The van der Waals surface area contributed by atoms with Gasteiger partial charge in [-0.25, -0.2) is 15.4 Å². The number of nitrogens with zero attached hydrogens (tertiary/aromatic N) is 6. The average Bonchev–Trinajstić information content (AvgIpc) is 3.90. The lowest BCUT2D eigenvalue weighted by atomic mass is 9.84. The zero-order chi connectivity index (χ0) is 49.1. The Kier molecular flexibility index (Phi) is 15.4. The van der Waals surface area contributed by atoms with Gasteiger partial charge in [0.25, 0.3) is 5.91 Å². The summed E-state index contributed by atoms with van der Waals surface area (Å²) < 4.78 is 14.3. The topological polar surface area (TPSA) is 160 Å². The molecule has 2 aliphatic heterocycles. The molecule has 364 valence electrons. The number of cyclic esters (lactones) is 1. The molecule has 1 aliphatic carbocycles. The molecule has 2 aromatic carbocycles. The van der Waals surface area contributed by atoms with E-state index in [1.165, 1.54) is 5.01 Å². The number of pyridine rings is 1. The lowest BCUT2D eigenvalue weighted by molar-refractivity contribution is -0.155. The van der Waals surface area contributed by atoms with Gasteiger partial charge in [0.1, 0.15) is 18.1 Å². The number of benzene rings is 2. The highest BCUT2D eigenvalue weighted by Crippen LogP contribution is 2.42. The van der Waals surface area contributed by atoms with Crippen molar-refractivity contribution in [2.75, 3.05) is 27.3 Å². The Bertz CT molecular complexity index is 2570. The summed E-state index contributed by atoms with van der Waals surface area (Å²) in [6.07, 6.45) is 5.32. The third kappa shape index (κ3) is 11.3. The van der Waals surface area contributed by atoms with Crippen LogP contribution in [-0.4, -0.2) is 106 Å². The first kappa shape index (κ1) is 50.2. The largest absolute Gasteiger partial charge is 0.464 e. The Hall–Kier alpha value is -5.69. The summed E-state index contributed by atoms with van der Waals surface area (Å²) in [6.45, 7) is 19.4. The molecule has 0 radical (unpaired) electrons. The zero-order valence-electron chi connectivity index (χ0n) is 42.0. The van der Waals surface area contributed by atoms with Crippen LogP contribution in [-0.2, 0) is 48.0 Å². The standard InChI is InChI=1S/C54H72N8O6/c1-12-61-45-23-21-37-29-41(45)42(48(61)40-18-14-24-55-46(40)34(4)67-11)30-54(8,9)31-68-52(66)43-19-15-25-62(59-43)51(65)44(27-35-16-13-17-36(37)26-35)58-49(63)47(33(2)3)60(10)50(64)38-20-22-39(28-38)56-32-57-53(5,6)7/h13-14,16-18,21,23-24,26,29,33-34,38-39,43-44,47,59H,12,15,19-20,22,25,27-28,30-31H2,1-11H3,(H,58,63)/t34-,38-,39-,43-,44-,47-/m0/s1. The van der Waals surface area contributed by atoms with Gasteiger partial charge in [0, 0.05) is 67.7 Å². The van der Waals surface area contributed by atoms with E-state index in [0.29, 0.717) is 45.2 Å². The number of aryl methyl sites for hydroxylation is 1. The molecule has 1 saturated heterocycles. The van der Waals surface area contributed by atoms with Crippen LogP contribution in [0.3, 0.4) is 0 Å². The number of esters is 1. The molecular formula is C54H72N8O6. The van der Waals surface area contributed by atoms with E-state index in [-0.39, 0.29) is 54.4 Å². The third-order valence-electron chi connectivity index (χ3n) is 13.7. The molecule has 2 N–H and O–H groups in total. The summed E-state index contributed by atoms with van der Waals surface area (Å²) in [5.74, 6) is -1.91. The molecule has 3 aliphatic rings. The van der Waals surface area contributed by atoms with Crippen molar-refractivity contribution < 1.29 is 28.7 Å². The van der Waals surface area contributed by atoms with Crippen LogP contribution in [0.2, 0.25) is 0 Å². The number of methoxy groups -OCH3 is 1. The van der Waals surface area contributed by atoms with Crippen molar-refractivity contribution >= 4 is 40.6 Å². The van der Waals surface area contributed by atoms with Gasteiger partial charge in [0.2, 0.25) is 11.8 Å². The van der Waals surface area contributed by atoms with E-state index in [1.54, 1.807) is 25.3 Å². The number of hydrazine groups is 1. The number of hydrogen-bond donors (Lipinski definition) is 2.